The number of methoxy groups -OCH3 is 1. The first-order valence-corrected chi connectivity index (χ1v) is 8.85. The van der Waals surface area contributed by atoms with Gasteiger partial charge in [-0.3, -0.25) is 0 Å². The van der Waals surface area contributed by atoms with Crippen molar-refractivity contribution in [2.75, 3.05) is 13.7 Å². The monoisotopic (exact) mass is 354 g/mol. The SMILES string of the molecule is CCCC[C@H](CN)NS(=O)(=O)c1ccc(OC)c(Cl)c1Cl. The highest BCUT2D eigenvalue weighted by Gasteiger charge is 2.24. The first kappa shape index (κ1) is 18.5. The Balaban J connectivity index is 3.05. The maximum absolute atomic E-state index is 12.4. The molecule has 0 fully saturated rings. The number of benzene rings is 1. The lowest BCUT2D eigenvalue weighted by Crippen LogP contribution is -2.40. The molecule has 3 N–H and O–H groups in total. The van der Waals surface area contributed by atoms with Gasteiger partial charge >= 0.3 is 0 Å². The summed E-state index contributed by atoms with van der Waals surface area (Å²) in [6.45, 7) is 2.25. The van der Waals surface area contributed by atoms with Crippen LogP contribution in [0.4, 0.5) is 0 Å². The van der Waals surface area contributed by atoms with Gasteiger partial charge in [-0.25, -0.2) is 13.1 Å². The molecule has 1 aromatic carbocycles. The Morgan fingerprint density at radius 2 is 2.00 bits per heavy atom. The lowest BCUT2D eigenvalue weighted by molar-refractivity contribution is 0.414. The summed E-state index contributed by atoms with van der Waals surface area (Å²) in [6, 6.07) is 2.50. The third-order valence-electron chi connectivity index (χ3n) is 3.03. The molecule has 0 heterocycles. The van der Waals surface area contributed by atoms with Crippen molar-refractivity contribution in [3.8, 4) is 5.75 Å². The van der Waals surface area contributed by atoms with E-state index in [1.54, 1.807) is 0 Å². The van der Waals surface area contributed by atoms with Crippen molar-refractivity contribution in [3.63, 3.8) is 0 Å². The standard InChI is InChI=1S/C13H20Cl2N2O3S/c1-3-4-5-9(8-16)17-21(18,19)11-7-6-10(20-2)12(14)13(11)15/h6-7,9,17H,3-5,8,16H2,1-2H3/t9-/m1/s1. The van der Waals surface area contributed by atoms with Crippen LogP contribution in [0, 0.1) is 0 Å². The predicted molar refractivity (Wildman–Crippen MR) is 85.7 cm³/mol. The van der Waals surface area contributed by atoms with E-state index in [4.69, 9.17) is 33.7 Å². The molecular weight excluding hydrogens is 335 g/mol. The van der Waals surface area contributed by atoms with E-state index in [1.165, 1.54) is 19.2 Å². The van der Waals surface area contributed by atoms with Gasteiger partial charge in [0.15, 0.2) is 0 Å². The van der Waals surface area contributed by atoms with E-state index in [2.05, 4.69) is 4.72 Å². The summed E-state index contributed by atoms with van der Waals surface area (Å²) in [7, 11) is -2.35. The summed E-state index contributed by atoms with van der Waals surface area (Å²) < 4.78 is 32.3. The van der Waals surface area contributed by atoms with Crippen LogP contribution in [-0.2, 0) is 10.0 Å². The number of nitrogens with two attached hydrogens (primary N) is 1. The van der Waals surface area contributed by atoms with Gasteiger partial charge in [-0.1, -0.05) is 43.0 Å². The molecule has 0 amide bonds. The van der Waals surface area contributed by atoms with E-state index in [1.807, 2.05) is 6.92 Å². The third kappa shape index (κ3) is 4.72. The number of sulfonamides is 1. The average Bonchev–Trinajstić information content (AvgIpc) is 2.45. The molecular formula is C13H20Cl2N2O3S. The zero-order valence-corrected chi connectivity index (χ0v) is 14.4. The summed E-state index contributed by atoms with van der Waals surface area (Å²) in [5.74, 6) is 0.321. The summed E-state index contributed by atoms with van der Waals surface area (Å²) >= 11 is 12.0. The molecule has 0 aliphatic carbocycles. The van der Waals surface area contributed by atoms with Gasteiger partial charge in [0.1, 0.15) is 15.7 Å². The van der Waals surface area contributed by atoms with Crippen molar-refractivity contribution in [2.24, 2.45) is 5.73 Å². The minimum atomic E-state index is -3.78. The Morgan fingerprint density at radius 1 is 1.33 bits per heavy atom. The van der Waals surface area contributed by atoms with Gasteiger partial charge in [0.2, 0.25) is 10.0 Å². The van der Waals surface area contributed by atoms with Crippen molar-refractivity contribution in [1.82, 2.24) is 4.72 Å². The molecule has 0 spiro atoms. The number of hydrogen-bond acceptors (Lipinski definition) is 4. The van der Waals surface area contributed by atoms with Crippen molar-refractivity contribution in [3.05, 3.63) is 22.2 Å². The topological polar surface area (TPSA) is 81.4 Å². The molecule has 0 aliphatic heterocycles. The van der Waals surface area contributed by atoms with E-state index >= 15 is 0 Å². The molecule has 0 radical (unpaired) electrons. The molecule has 0 bridgehead atoms. The van der Waals surface area contributed by atoms with Crippen LogP contribution < -0.4 is 15.2 Å². The molecule has 5 nitrogen and oxygen atoms in total. The molecule has 0 aliphatic rings. The number of unbranched alkanes of at least 4 members (excludes halogenated alkanes) is 1. The number of ether oxygens (including phenoxy) is 1. The molecule has 0 saturated carbocycles. The Morgan fingerprint density at radius 3 is 2.52 bits per heavy atom. The van der Waals surface area contributed by atoms with Gasteiger partial charge in [0.05, 0.1) is 12.1 Å². The normalized spacial score (nSPS) is 13.2. The van der Waals surface area contributed by atoms with Gasteiger partial charge < -0.3 is 10.5 Å². The Bertz CT molecular complexity index is 579. The van der Waals surface area contributed by atoms with Gasteiger partial charge in [-0.2, -0.15) is 0 Å². The molecule has 21 heavy (non-hydrogen) atoms. The summed E-state index contributed by atoms with van der Waals surface area (Å²) in [4.78, 5) is -0.0788. The summed E-state index contributed by atoms with van der Waals surface area (Å²) in [5.41, 5.74) is 5.61. The first-order chi connectivity index (χ1) is 9.87. The fourth-order valence-electron chi connectivity index (χ4n) is 1.84. The second kappa shape index (κ2) is 8.19. The summed E-state index contributed by atoms with van der Waals surface area (Å²) in [6.07, 6.45) is 2.53. The van der Waals surface area contributed by atoms with E-state index in [0.717, 1.165) is 12.8 Å². The van der Waals surface area contributed by atoms with E-state index in [0.29, 0.717) is 12.2 Å². The first-order valence-electron chi connectivity index (χ1n) is 6.61. The highest BCUT2D eigenvalue weighted by Crippen LogP contribution is 2.36. The average molecular weight is 355 g/mol. The minimum absolute atomic E-state index is 0.0604. The smallest absolute Gasteiger partial charge is 0.242 e. The molecule has 0 saturated heterocycles. The molecule has 0 unspecified atom stereocenters. The van der Waals surface area contributed by atoms with E-state index in [-0.39, 0.29) is 27.5 Å². The Labute approximate surface area is 135 Å². The second-order valence-electron chi connectivity index (χ2n) is 4.59. The van der Waals surface area contributed by atoms with E-state index < -0.39 is 10.0 Å². The number of halogens is 2. The number of nitrogens with one attached hydrogen (secondary N) is 1. The van der Waals surface area contributed by atoms with Gasteiger partial charge in [0.25, 0.3) is 0 Å². The lowest BCUT2D eigenvalue weighted by Gasteiger charge is -2.18. The maximum atomic E-state index is 12.4. The van der Waals surface area contributed by atoms with Gasteiger partial charge in [0, 0.05) is 12.6 Å². The van der Waals surface area contributed by atoms with Crippen molar-refractivity contribution in [2.45, 2.75) is 37.1 Å². The minimum Gasteiger partial charge on any atom is -0.495 e. The van der Waals surface area contributed by atoms with Crippen LogP contribution in [0.1, 0.15) is 26.2 Å². The van der Waals surface area contributed by atoms with E-state index in [9.17, 15) is 8.42 Å². The molecule has 1 atom stereocenters. The van der Waals surface area contributed by atoms with Crippen LogP contribution in [0.5, 0.6) is 5.75 Å². The molecule has 1 rings (SSSR count). The zero-order chi connectivity index (χ0) is 16.0. The molecule has 120 valence electrons. The van der Waals surface area contributed by atoms with Crippen LogP contribution in [0.15, 0.2) is 17.0 Å². The molecule has 1 aromatic rings. The fraction of sp³-hybridized carbons (Fsp3) is 0.538. The van der Waals surface area contributed by atoms with Crippen molar-refractivity contribution < 1.29 is 13.2 Å². The van der Waals surface area contributed by atoms with Crippen LogP contribution in [0.2, 0.25) is 10.0 Å². The fourth-order valence-corrected chi connectivity index (χ4v) is 3.96. The quantitative estimate of drug-likeness (QED) is 0.751. The third-order valence-corrected chi connectivity index (χ3v) is 5.57. The van der Waals surface area contributed by atoms with Crippen LogP contribution >= 0.6 is 23.2 Å². The van der Waals surface area contributed by atoms with Gasteiger partial charge in [-0.15, -0.1) is 0 Å². The van der Waals surface area contributed by atoms with Crippen molar-refractivity contribution >= 4 is 33.2 Å². The predicted octanol–water partition coefficient (Wildman–Crippen LogP) is 2.80. The van der Waals surface area contributed by atoms with Crippen LogP contribution in [0.3, 0.4) is 0 Å². The molecule has 0 aromatic heterocycles. The number of hydrogen-bond donors (Lipinski definition) is 2. The number of rotatable bonds is 8. The van der Waals surface area contributed by atoms with Crippen LogP contribution in [-0.4, -0.2) is 28.1 Å². The maximum Gasteiger partial charge on any atom is 0.242 e. The highest BCUT2D eigenvalue weighted by molar-refractivity contribution is 7.89. The Hall–Kier alpha value is -0.530. The largest absolute Gasteiger partial charge is 0.495 e. The second-order valence-corrected chi connectivity index (χ2v) is 7.03. The highest BCUT2D eigenvalue weighted by atomic mass is 35.5. The molecule has 8 heteroatoms. The Kier molecular flexibility index (Phi) is 7.23. The van der Waals surface area contributed by atoms with Crippen molar-refractivity contribution in [1.29, 1.82) is 0 Å². The summed E-state index contributed by atoms with van der Waals surface area (Å²) in [5, 5.41) is 0.00896. The van der Waals surface area contributed by atoms with Gasteiger partial charge in [-0.05, 0) is 18.6 Å². The van der Waals surface area contributed by atoms with Crippen LogP contribution in [0.25, 0.3) is 0 Å². The zero-order valence-electron chi connectivity index (χ0n) is 12.0. The lowest BCUT2D eigenvalue weighted by atomic mass is 10.1.